The Balaban J connectivity index is 1.50. The summed E-state index contributed by atoms with van der Waals surface area (Å²) in [5.41, 5.74) is -2.17. The van der Waals surface area contributed by atoms with Crippen molar-refractivity contribution in [3.8, 4) is 6.07 Å². The number of ether oxygens (including phenoxy) is 1. The standard InChI is InChI=1S/C22H21F3N4O2/c23-22(24,25)21-11-20(21,19(30)28-15-5-8-31-9-6-15)12-29(13-21)17-4-3-14(10-26)18-16(17)2-1-7-27-18/h1-4,7,15H,5-6,8-9,11-13H2,(H,28,30). The number of anilines is 1. The van der Waals surface area contributed by atoms with Crippen LogP contribution < -0.4 is 10.2 Å². The third-order valence-electron chi connectivity index (χ3n) is 7.06. The minimum absolute atomic E-state index is 0.0164. The third-order valence-corrected chi connectivity index (χ3v) is 7.06. The molecule has 3 heterocycles. The summed E-state index contributed by atoms with van der Waals surface area (Å²) < 4.78 is 47.9. The summed E-state index contributed by atoms with van der Waals surface area (Å²) in [6.07, 6.45) is -1.92. The smallest absolute Gasteiger partial charge is 0.381 e. The molecule has 0 bridgehead atoms. The summed E-state index contributed by atoms with van der Waals surface area (Å²) in [5.74, 6) is -0.518. The van der Waals surface area contributed by atoms with Crippen molar-refractivity contribution in [1.82, 2.24) is 10.3 Å². The van der Waals surface area contributed by atoms with Crippen molar-refractivity contribution in [1.29, 1.82) is 5.26 Å². The van der Waals surface area contributed by atoms with Gasteiger partial charge in [-0.25, -0.2) is 0 Å². The first-order valence-electron chi connectivity index (χ1n) is 10.3. The molecule has 0 radical (unpaired) electrons. The van der Waals surface area contributed by atoms with Gasteiger partial charge in [0.15, 0.2) is 0 Å². The lowest BCUT2D eigenvalue weighted by atomic mass is 9.94. The molecule has 31 heavy (non-hydrogen) atoms. The number of pyridine rings is 1. The average Bonchev–Trinajstić information content (AvgIpc) is 3.31. The van der Waals surface area contributed by atoms with E-state index < -0.39 is 22.9 Å². The number of nitrogens with one attached hydrogen (secondary N) is 1. The van der Waals surface area contributed by atoms with Crippen LogP contribution in [0.4, 0.5) is 18.9 Å². The van der Waals surface area contributed by atoms with Gasteiger partial charge in [0.2, 0.25) is 5.91 Å². The molecule has 1 N–H and O–H groups in total. The highest BCUT2D eigenvalue weighted by Crippen LogP contribution is 2.75. The quantitative estimate of drug-likeness (QED) is 0.810. The number of nitrogens with zero attached hydrogens (tertiary/aromatic N) is 3. The van der Waals surface area contributed by atoms with E-state index in [0.717, 1.165) is 0 Å². The van der Waals surface area contributed by atoms with Crippen LogP contribution in [0.25, 0.3) is 10.9 Å². The average molecular weight is 430 g/mol. The molecular formula is C22H21F3N4O2. The SMILES string of the molecule is N#Cc1ccc(N2CC3(C(=O)NC4CCOCC4)CC3(C(F)(F)F)C2)c2cccnc12. The fourth-order valence-corrected chi connectivity index (χ4v) is 5.28. The fraction of sp³-hybridized carbons (Fsp3) is 0.500. The maximum absolute atomic E-state index is 14.2. The van der Waals surface area contributed by atoms with Gasteiger partial charge in [-0.2, -0.15) is 18.4 Å². The number of nitriles is 1. The Morgan fingerprint density at radius 2 is 2.03 bits per heavy atom. The van der Waals surface area contributed by atoms with Crippen molar-refractivity contribution in [3.63, 3.8) is 0 Å². The van der Waals surface area contributed by atoms with Crippen LogP contribution in [0, 0.1) is 22.2 Å². The van der Waals surface area contributed by atoms with E-state index in [4.69, 9.17) is 4.74 Å². The highest BCUT2D eigenvalue weighted by molar-refractivity contribution is 5.97. The minimum atomic E-state index is -4.49. The molecule has 1 aromatic carbocycles. The van der Waals surface area contributed by atoms with Crippen molar-refractivity contribution in [2.45, 2.75) is 31.5 Å². The summed E-state index contributed by atoms with van der Waals surface area (Å²) in [7, 11) is 0. The van der Waals surface area contributed by atoms with E-state index in [1.807, 2.05) is 0 Å². The molecular weight excluding hydrogens is 409 g/mol. The molecule has 1 aromatic heterocycles. The van der Waals surface area contributed by atoms with Gasteiger partial charge in [0.05, 0.1) is 16.5 Å². The van der Waals surface area contributed by atoms with Crippen molar-refractivity contribution in [2.75, 3.05) is 31.2 Å². The number of carbonyl (C=O) groups excluding carboxylic acids is 1. The van der Waals surface area contributed by atoms with Gasteiger partial charge in [-0.3, -0.25) is 9.78 Å². The second-order valence-corrected chi connectivity index (χ2v) is 8.70. The first-order chi connectivity index (χ1) is 14.8. The number of hydrogen-bond acceptors (Lipinski definition) is 5. The van der Waals surface area contributed by atoms with E-state index in [1.165, 1.54) is 0 Å². The maximum atomic E-state index is 14.2. The largest absolute Gasteiger partial charge is 0.397 e. The highest BCUT2D eigenvalue weighted by Gasteiger charge is 2.86. The Hall–Kier alpha value is -2.86. The summed E-state index contributed by atoms with van der Waals surface area (Å²) >= 11 is 0. The topological polar surface area (TPSA) is 78.2 Å². The third kappa shape index (κ3) is 2.88. The van der Waals surface area contributed by atoms with Gasteiger partial charge in [-0.15, -0.1) is 0 Å². The lowest BCUT2D eigenvalue weighted by Gasteiger charge is -2.27. The van der Waals surface area contributed by atoms with Gasteiger partial charge in [0.1, 0.15) is 11.5 Å². The minimum Gasteiger partial charge on any atom is -0.381 e. The van der Waals surface area contributed by atoms with E-state index in [9.17, 15) is 23.2 Å². The van der Waals surface area contributed by atoms with Gasteiger partial charge in [0, 0.05) is 49.6 Å². The second-order valence-electron chi connectivity index (χ2n) is 8.70. The molecule has 3 aliphatic rings. The Kier molecular flexibility index (Phi) is 4.42. The van der Waals surface area contributed by atoms with Gasteiger partial charge < -0.3 is 15.0 Å². The molecule has 1 amide bonds. The molecule has 1 saturated carbocycles. The molecule has 2 aliphatic heterocycles. The number of rotatable bonds is 3. The molecule has 3 fully saturated rings. The number of hydrogen-bond donors (Lipinski definition) is 1. The van der Waals surface area contributed by atoms with Gasteiger partial charge >= 0.3 is 6.18 Å². The van der Waals surface area contributed by atoms with Crippen LogP contribution in [0.3, 0.4) is 0 Å². The number of fused-ring (bicyclic) bond motifs is 2. The van der Waals surface area contributed by atoms with Crippen LogP contribution >= 0.6 is 0 Å². The molecule has 2 aromatic rings. The molecule has 6 nitrogen and oxygen atoms in total. The van der Waals surface area contributed by atoms with Crippen LogP contribution in [0.5, 0.6) is 0 Å². The number of alkyl halides is 3. The van der Waals surface area contributed by atoms with Crippen LogP contribution in [-0.4, -0.2) is 49.4 Å². The molecule has 2 unspecified atom stereocenters. The zero-order chi connectivity index (χ0) is 21.9. The van der Waals surface area contributed by atoms with Gasteiger partial charge in [0.25, 0.3) is 0 Å². The van der Waals surface area contributed by atoms with Gasteiger partial charge in [-0.05, 0) is 43.5 Å². The summed E-state index contributed by atoms with van der Waals surface area (Å²) in [5, 5.41) is 12.8. The molecule has 0 spiro atoms. The second kappa shape index (κ2) is 6.82. The van der Waals surface area contributed by atoms with Crippen molar-refractivity contribution in [3.05, 3.63) is 36.0 Å². The van der Waals surface area contributed by atoms with Gasteiger partial charge in [-0.1, -0.05) is 0 Å². The molecule has 2 saturated heterocycles. The molecule has 162 valence electrons. The number of benzene rings is 1. The molecule has 9 heteroatoms. The monoisotopic (exact) mass is 430 g/mol. The predicted octanol–water partition coefficient (Wildman–Crippen LogP) is 3.16. The van der Waals surface area contributed by atoms with E-state index in [1.54, 1.807) is 35.4 Å². The summed E-state index contributed by atoms with van der Waals surface area (Å²) in [6, 6.07) is 8.58. The van der Waals surface area contributed by atoms with Crippen LogP contribution in [0.2, 0.25) is 0 Å². The van der Waals surface area contributed by atoms with Crippen molar-refractivity contribution < 1.29 is 22.7 Å². The van der Waals surface area contributed by atoms with E-state index in [-0.39, 0.29) is 25.6 Å². The maximum Gasteiger partial charge on any atom is 0.397 e. The lowest BCUT2D eigenvalue weighted by Crippen LogP contribution is -2.46. The molecule has 2 atom stereocenters. The van der Waals surface area contributed by atoms with E-state index in [2.05, 4.69) is 16.4 Å². The normalized spacial score (nSPS) is 28.3. The first-order valence-corrected chi connectivity index (χ1v) is 10.3. The summed E-state index contributed by atoms with van der Waals surface area (Å²) in [4.78, 5) is 19.0. The number of piperidine rings is 1. The predicted molar refractivity (Wildman–Crippen MR) is 106 cm³/mol. The van der Waals surface area contributed by atoms with Crippen LogP contribution in [0.15, 0.2) is 30.5 Å². The fourth-order valence-electron chi connectivity index (χ4n) is 5.28. The Morgan fingerprint density at radius 1 is 1.26 bits per heavy atom. The van der Waals surface area contributed by atoms with E-state index in [0.29, 0.717) is 48.2 Å². The number of halogens is 3. The number of carbonyl (C=O) groups is 1. The van der Waals surface area contributed by atoms with E-state index >= 15 is 0 Å². The Bertz CT molecular complexity index is 1090. The Labute approximate surface area is 177 Å². The van der Waals surface area contributed by atoms with Crippen LogP contribution in [-0.2, 0) is 9.53 Å². The van der Waals surface area contributed by atoms with Crippen molar-refractivity contribution >= 4 is 22.5 Å². The molecule has 1 aliphatic carbocycles. The van der Waals surface area contributed by atoms with Crippen LogP contribution in [0.1, 0.15) is 24.8 Å². The number of aromatic nitrogens is 1. The first kappa shape index (κ1) is 20.1. The lowest BCUT2D eigenvalue weighted by molar-refractivity contribution is -0.191. The summed E-state index contributed by atoms with van der Waals surface area (Å²) in [6.45, 7) is 0.697. The number of amides is 1. The Morgan fingerprint density at radius 3 is 2.74 bits per heavy atom. The van der Waals surface area contributed by atoms with Crippen molar-refractivity contribution in [2.24, 2.45) is 10.8 Å². The zero-order valence-electron chi connectivity index (χ0n) is 16.7. The zero-order valence-corrected chi connectivity index (χ0v) is 16.7. The molecule has 5 rings (SSSR count). The highest BCUT2D eigenvalue weighted by atomic mass is 19.4.